The predicted molar refractivity (Wildman–Crippen MR) is 49.2 cm³/mol. The fraction of sp³-hybridized carbons (Fsp3) is 0.778. The first-order valence-electron chi connectivity index (χ1n) is 4.83. The van der Waals surface area contributed by atoms with Crippen molar-refractivity contribution in [1.82, 2.24) is 5.32 Å². The Morgan fingerprint density at radius 1 is 1.14 bits per heavy atom. The lowest BCUT2D eigenvalue weighted by Crippen LogP contribution is -2.45. The van der Waals surface area contributed by atoms with Gasteiger partial charge in [-0.25, -0.2) is 9.59 Å². The van der Waals surface area contributed by atoms with E-state index in [0.29, 0.717) is 0 Å². The topological polar surface area (TPSA) is 86.6 Å². The Balaban J connectivity index is 2.56. The van der Waals surface area contributed by atoms with E-state index in [4.69, 9.17) is 10.2 Å². The fourth-order valence-electron chi connectivity index (χ4n) is 1.98. The van der Waals surface area contributed by atoms with Gasteiger partial charge in [-0.15, -0.1) is 0 Å². The van der Waals surface area contributed by atoms with Gasteiger partial charge in [0.2, 0.25) is 0 Å². The summed E-state index contributed by atoms with van der Waals surface area (Å²) in [6, 6.07) is -0.937. The fourth-order valence-corrected chi connectivity index (χ4v) is 1.98. The number of aliphatic carboxylic acids is 1. The highest BCUT2D eigenvalue weighted by Crippen LogP contribution is 2.26. The summed E-state index contributed by atoms with van der Waals surface area (Å²) in [5.74, 6) is -1.11. The molecule has 0 bridgehead atoms. The lowest BCUT2D eigenvalue weighted by Gasteiger charge is -2.26. The number of carbonyl (C=O) groups is 2. The highest BCUT2D eigenvalue weighted by Gasteiger charge is 2.30. The number of rotatable bonds is 3. The van der Waals surface area contributed by atoms with Crippen LogP contribution in [0.25, 0.3) is 0 Å². The van der Waals surface area contributed by atoms with E-state index < -0.39 is 18.1 Å². The molecule has 1 atom stereocenters. The molecule has 5 nitrogen and oxygen atoms in total. The molecule has 0 spiro atoms. The molecule has 1 fully saturated rings. The minimum absolute atomic E-state index is 0.0441. The third kappa shape index (κ3) is 2.90. The van der Waals surface area contributed by atoms with Crippen molar-refractivity contribution in [3.8, 4) is 0 Å². The van der Waals surface area contributed by atoms with Crippen molar-refractivity contribution < 1.29 is 19.8 Å². The van der Waals surface area contributed by atoms with E-state index in [9.17, 15) is 9.59 Å². The van der Waals surface area contributed by atoms with Crippen molar-refractivity contribution in [3.05, 3.63) is 0 Å². The largest absolute Gasteiger partial charge is 0.480 e. The van der Waals surface area contributed by atoms with Gasteiger partial charge in [-0.2, -0.15) is 0 Å². The van der Waals surface area contributed by atoms with E-state index >= 15 is 0 Å². The van der Waals surface area contributed by atoms with E-state index in [-0.39, 0.29) is 5.92 Å². The summed E-state index contributed by atoms with van der Waals surface area (Å²) in [7, 11) is 0. The van der Waals surface area contributed by atoms with Crippen LogP contribution in [0.4, 0.5) is 4.79 Å². The van der Waals surface area contributed by atoms with Crippen LogP contribution in [-0.2, 0) is 4.79 Å². The Morgan fingerprint density at radius 3 is 2.14 bits per heavy atom. The van der Waals surface area contributed by atoms with Gasteiger partial charge in [0.05, 0.1) is 0 Å². The van der Waals surface area contributed by atoms with Gasteiger partial charge in [0.1, 0.15) is 6.04 Å². The van der Waals surface area contributed by atoms with Gasteiger partial charge in [0.25, 0.3) is 0 Å². The van der Waals surface area contributed by atoms with Crippen LogP contribution in [0.1, 0.15) is 32.1 Å². The van der Waals surface area contributed by atoms with Crippen LogP contribution in [0.3, 0.4) is 0 Å². The van der Waals surface area contributed by atoms with Crippen LogP contribution in [0.15, 0.2) is 0 Å². The third-order valence-electron chi connectivity index (χ3n) is 2.67. The molecule has 1 aliphatic rings. The summed E-state index contributed by atoms with van der Waals surface area (Å²) in [5, 5.41) is 19.4. The molecule has 14 heavy (non-hydrogen) atoms. The predicted octanol–water partition coefficient (Wildman–Crippen LogP) is 1.29. The first-order valence-corrected chi connectivity index (χ1v) is 4.83. The van der Waals surface area contributed by atoms with Crippen molar-refractivity contribution in [3.63, 3.8) is 0 Å². The minimum atomic E-state index is -1.26. The SMILES string of the molecule is O=C(O)N[C@H](C(=O)O)C1CCCCC1. The van der Waals surface area contributed by atoms with Gasteiger partial charge in [0, 0.05) is 0 Å². The number of hydrogen-bond donors (Lipinski definition) is 3. The average Bonchev–Trinajstić information content (AvgIpc) is 2.15. The molecule has 0 aromatic heterocycles. The van der Waals surface area contributed by atoms with Crippen molar-refractivity contribution in [2.24, 2.45) is 5.92 Å². The van der Waals surface area contributed by atoms with E-state index in [1.165, 1.54) is 0 Å². The molecule has 3 N–H and O–H groups in total. The van der Waals surface area contributed by atoms with Gasteiger partial charge in [0.15, 0.2) is 0 Å². The zero-order chi connectivity index (χ0) is 10.6. The summed E-state index contributed by atoms with van der Waals surface area (Å²) >= 11 is 0. The molecular weight excluding hydrogens is 186 g/mol. The van der Waals surface area contributed by atoms with Crippen molar-refractivity contribution in [1.29, 1.82) is 0 Å². The second-order valence-electron chi connectivity index (χ2n) is 3.66. The zero-order valence-electron chi connectivity index (χ0n) is 7.90. The summed E-state index contributed by atoms with van der Waals surface area (Å²) in [6.07, 6.45) is 3.46. The quantitative estimate of drug-likeness (QED) is 0.642. The summed E-state index contributed by atoms with van der Waals surface area (Å²) in [6.45, 7) is 0. The summed E-state index contributed by atoms with van der Waals surface area (Å²) < 4.78 is 0. The standard InChI is InChI=1S/C9H15NO4/c11-8(12)7(10-9(13)14)6-4-2-1-3-5-6/h6-7,10H,1-5H2,(H,11,12)(H,13,14)/t7-/m0/s1. The van der Waals surface area contributed by atoms with Crippen LogP contribution >= 0.6 is 0 Å². The zero-order valence-corrected chi connectivity index (χ0v) is 7.90. The van der Waals surface area contributed by atoms with E-state index in [0.717, 1.165) is 32.1 Å². The number of hydrogen-bond acceptors (Lipinski definition) is 2. The van der Waals surface area contributed by atoms with Crippen LogP contribution in [-0.4, -0.2) is 28.3 Å². The molecule has 80 valence electrons. The molecule has 0 aromatic rings. The normalized spacial score (nSPS) is 20.0. The average molecular weight is 201 g/mol. The lowest BCUT2D eigenvalue weighted by molar-refractivity contribution is -0.141. The highest BCUT2D eigenvalue weighted by atomic mass is 16.4. The second-order valence-corrected chi connectivity index (χ2v) is 3.66. The van der Waals surface area contributed by atoms with Crippen molar-refractivity contribution in [2.45, 2.75) is 38.1 Å². The van der Waals surface area contributed by atoms with Gasteiger partial charge < -0.3 is 15.5 Å². The smallest absolute Gasteiger partial charge is 0.405 e. The van der Waals surface area contributed by atoms with Gasteiger partial charge in [-0.1, -0.05) is 19.3 Å². The molecule has 0 radical (unpaired) electrons. The number of amides is 1. The Kier molecular flexibility index (Phi) is 3.73. The first-order chi connectivity index (χ1) is 6.61. The minimum Gasteiger partial charge on any atom is -0.480 e. The van der Waals surface area contributed by atoms with Crippen LogP contribution in [0.2, 0.25) is 0 Å². The van der Waals surface area contributed by atoms with Gasteiger partial charge in [-0.3, -0.25) is 0 Å². The van der Waals surface area contributed by atoms with Crippen LogP contribution in [0, 0.1) is 5.92 Å². The third-order valence-corrected chi connectivity index (χ3v) is 2.67. The maximum absolute atomic E-state index is 10.8. The summed E-state index contributed by atoms with van der Waals surface area (Å²) in [5.41, 5.74) is 0. The van der Waals surface area contributed by atoms with Crippen LogP contribution in [0.5, 0.6) is 0 Å². The molecule has 0 unspecified atom stereocenters. The van der Waals surface area contributed by atoms with E-state index in [1.807, 2.05) is 0 Å². The van der Waals surface area contributed by atoms with E-state index in [1.54, 1.807) is 0 Å². The number of carboxylic acid groups (broad SMARTS) is 2. The molecule has 1 aliphatic carbocycles. The first kappa shape index (κ1) is 10.8. The molecule has 0 aromatic carbocycles. The van der Waals surface area contributed by atoms with Crippen molar-refractivity contribution in [2.75, 3.05) is 0 Å². The summed E-state index contributed by atoms with van der Waals surface area (Å²) in [4.78, 5) is 21.2. The molecular formula is C9H15NO4. The number of carboxylic acids is 1. The molecule has 1 saturated carbocycles. The maximum atomic E-state index is 10.8. The van der Waals surface area contributed by atoms with Crippen molar-refractivity contribution >= 4 is 12.1 Å². The lowest BCUT2D eigenvalue weighted by atomic mass is 9.84. The molecule has 1 rings (SSSR count). The van der Waals surface area contributed by atoms with E-state index in [2.05, 4.69) is 5.32 Å². The molecule has 5 heteroatoms. The Hall–Kier alpha value is -1.26. The monoisotopic (exact) mass is 201 g/mol. The second kappa shape index (κ2) is 4.83. The number of nitrogens with one attached hydrogen (secondary N) is 1. The Labute approximate surface area is 82.1 Å². The van der Waals surface area contributed by atoms with Gasteiger partial charge in [-0.05, 0) is 18.8 Å². The molecule has 0 saturated heterocycles. The van der Waals surface area contributed by atoms with Gasteiger partial charge >= 0.3 is 12.1 Å². The van der Waals surface area contributed by atoms with Crippen LogP contribution < -0.4 is 5.32 Å². The highest BCUT2D eigenvalue weighted by molar-refractivity contribution is 5.79. The molecule has 0 aliphatic heterocycles. The molecule has 0 heterocycles. The maximum Gasteiger partial charge on any atom is 0.405 e. The Morgan fingerprint density at radius 2 is 1.71 bits per heavy atom. The Bertz CT molecular complexity index is 223. The molecule has 1 amide bonds.